The Morgan fingerprint density at radius 3 is 1.39 bits per heavy atom. The van der Waals surface area contributed by atoms with Gasteiger partial charge in [-0.3, -0.25) is 0 Å². The zero-order chi connectivity index (χ0) is 40.8. The van der Waals surface area contributed by atoms with E-state index < -0.39 is 8.07 Å². The van der Waals surface area contributed by atoms with E-state index >= 15 is 0 Å². The molecule has 4 nitrogen and oxygen atoms in total. The average molecular weight is 787 g/mol. The molecule has 0 bridgehead atoms. The fraction of sp³-hybridized carbons (Fsp3) is 0.222. The minimum atomic E-state index is -3.18. The summed E-state index contributed by atoms with van der Waals surface area (Å²) in [5.41, 5.74) is 10.2. The highest BCUT2D eigenvalue weighted by Crippen LogP contribution is 2.53. The van der Waals surface area contributed by atoms with Crippen LogP contribution in [0.2, 0.25) is 0 Å². The summed E-state index contributed by atoms with van der Waals surface area (Å²) < 4.78 is 17.5. The van der Waals surface area contributed by atoms with Crippen molar-refractivity contribution in [2.24, 2.45) is 0 Å². The second-order valence-electron chi connectivity index (χ2n) is 19.8. The van der Waals surface area contributed by atoms with Crippen molar-refractivity contribution in [3.8, 4) is 28.7 Å². The van der Waals surface area contributed by atoms with Crippen molar-refractivity contribution in [1.29, 1.82) is 0 Å². The Bertz CT molecular complexity index is 2900. The van der Waals surface area contributed by atoms with Crippen molar-refractivity contribution >= 4 is 67.7 Å². The molecule has 0 saturated carbocycles. The van der Waals surface area contributed by atoms with Gasteiger partial charge in [0, 0.05) is 55.3 Å². The number of hydrogen-bond donors (Lipinski definition) is 0. The Labute approximate surface area is 348 Å². The summed E-state index contributed by atoms with van der Waals surface area (Å²) in [5.74, 6) is 3.73. The number of fused-ring (bicyclic) bond motifs is 3. The Hall–Kier alpha value is -6.04. The summed E-state index contributed by atoms with van der Waals surface area (Å²) >= 11 is 0. The van der Waals surface area contributed by atoms with Crippen LogP contribution in [0, 0.1) is 0 Å². The molecule has 0 spiro atoms. The van der Waals surface area contributed by atoms with Crippen molar-refractivity contribution in [2.45, 2.75) is 78.6 Å². The zero-order valence-electron chi connectivity index (χ0n) is 35.5. The molecule has 1 aromatic heterocycles. The van der Waals surface area contributed by atoms with Gasteiger partial charge in [-0.05, 0) is 63.4 Å². The van der Waals surface area contributed by atoms with Crippen LogP contribution < -0.4 is 35.1 Å². The minimum Gasteiger partial charge on any atom is -0.457 e. The van der Waals surface area contributed by atoms with Crippen molar-refractivity contribution in [2.75, 3.05) is 4.90 Å². The number of ether oxygens (including phenoxy) is 2. The third-order valence-electron chi connectivity index (χ3n) is 13.0. The van der Waals surface area contributed by atoms with E-state index in [-0.39, 0.29) is 16.2 Å². The van der Waals surface area contributed by atoms with Gasteiger partial charge < -0.3 is 18.9 Å². The topological polar surface area (TPSA) is 26.6 Å². The van der Waals surface area contributed by atoms with Crippen molar-refractivity contribution in [1.82, 2.24) is 4.57 Å². The smallest absolute Gasteiger partial charge is 0.202 e. The van der Waals surface area contributed by atoms with Gasteiger partial charge >= 0.3 is 0 Å². The Kier molecular flexibility index (Phi) is 7.35. The van der Waals surface area contributed by atoms with E-state index in [1.165, 1.54) is 59.6 Å². The van der Waals surface area contributed by atoms with E-state index in [1.807, 2.05) is 0 Å². The van der Waals surface area contributed by atoms with Crippen LogP contribution in [0.3, 0.4) is 0 Å². The van der Waals surface area contributed by atoms with Gasteiger partial charge in [0.1, 0.15) is 23.0 Å². The first-order valence-corrected chi connectivity index (χ1v) is 23.0. The standard InChI is InChI=1S/C54H50N2O2Si/c1-52(2,3)33-23-25-34(26-24-33)55-43-29-27-39(53(4,5)6)47-49(43)59(36-17-11-10-12-18-36)50-44(55)30-28-40(54(7,8)9)48(50)58-46-32-35(31-45(57-47)51(46)59)56-41-21-15-13-19-37(41)38-20-14-16-22-42(38)56/h10-32H,1-9H3. The van der Waals surface area contributed by atoms with Gasteiger partial charge in [-0.1, -0.05) is 153 Å². The highest BCUT2D eigenvalue weighted by Gasteiger charge is 2.60. The van der Waals surface area contributed by atoms with Gasteiger partial charge in [0.2, 0.25) is 8.07 Å². The number of benzene rings is 7. The van der Waals surface area contributed by atoms with Crippen LogP contribution in [0.15, 0.2) is 140 Å². The Morgan fingerprint density at radius 1 is 0.441 bits per heavy atom. The quantitative estimate of drug-likeness (QED) is 0.167. The molecule has 3 aliphatic rings. The lowest BCUT2D eigenvalue weighted by Crippen LogP contribution is -2.80. The van der Waals surface area contributed by atoms with E-state index in [4.69, 9.17) is 9.47 Å². The molecule has 8 aromatic rings. The first-order chi connectivity index (χ1) is 28.2. The molecular weight excluding hydrogens is 737 g/mol. The van der Waals surface area contributed by atoms with E-state index in [9.17, 15) is 0 Å². The maximum absolute atomic E-state index is 7.58. The summed E-state index contributed by atoms with van der Waals surface area (Å²) in [6, 6.07) is 52.0. The molecule has 0 unspecified atom stereocenters. The molecule has 5 heteroatoms. The molecule has 0 amide bonds. The lowest BCUT2D eigenvalue weighted by molar-refractivity contribution is 0.440. The third kappa shape index (κ3) is 4.94. The molecule has 3 aliphatic heterocycles. The minimum absolute atomic E-state index is 0.0384. The van der Waals surface area contributed by atoms with Gasteiger partial charge in [-0.15, -0.1) is 0 Å². The molecule has 0 N–H and O–H groups in total. The molecule has 0 aliphatic carbocycles. The van der Waals surface area contributed by atoms with Crippen LogP contribution in [0.5, 0.6) is 23.0 Å². The Balaban J connectivity index is 1.31. The molecule has 59 heavy (non-hydrogen) atoms. The number of anilines is 3. The van der Waals surface area contributed by atoms with E-state index in [0.717, 1.165) is 45.4 Å². The maximum Gasteiger partial charge on any atom is 0.202 e. The van der Waals surface area contributed by atoms with Crippen LogP contribution in [-0.2, 0) is 16.2 Å². The molecule has 4 heterocycles. The van der Waals surface area contributed by atoms with Gasteiger partial charge in [0.05, 0.1) is 28.1 Å². The van der Waals surface area contributed by atoms with E-state index in [1.54, 1.807) is 0 Å². The zero-order valence-corrected chi connectivity index (χ0v) is 36.5. The molecule has 292 valence electrons. The Morgan fingerprint density at radius 2 is 0.915 bits per heavy atom. The number of aromatic nitrogens is 1. The van der Waals surface area contributed by atoms with E-state index in [2.05, 4.69) is 211 Å². The van der Waals surface area contributed by atoms with Crippen LogP contribution in [-0.4, -0.2) is 12.6 Å². The van der Waals surface area contributed by atoms with Gasteiger partial charge in [-0.2, -0.15) is 0 Å². The molecule has 0 fully saturated rings. The van der Waals surface area contributed by atoms with Crippen LogP contribution in [0.25, 0.3) is 27.5 Å². The van der Waals surface area contributed by atoms with Gasteiger partial charge in [-0.25, -0.2) is 0 Å². The number of hydrogen-bond acceptors (Lipinski definition) is 3. The second-order valence-corrected chi connectivity index (χ2v) is 23.4. The van der Waals surface area contributed by atoms with Gasteiger partial charge in [0.25, 0.3) is 0 Å². The normalized spacial score (nSPS) is 14.9. The van der Waals surface area contributed by atoms with Crippen molar-refractivity contribution < 1.29 is 9.47 Å². The largest absolute Gasteiger partial charge is 0.457 e. The van der Waals surface area contributed by atoms with Crippen LogP contribution in [0.1, 0.15) is 79.0 Å². The SMILES string of the molecule is CC(C)(C)c1ccc(N2c3ccc(C(C)(C)C)c4c3[Si]3(c5ccccc5)c5c(cc(-n6c7ccccc7c7ccccc76)cc5Oc5c(C(C)(C)C)ccc2c53)O4)cc1. The lowest BCUT2D eigenvalue weighted by Gasteiger charge is -2.51. The lowest BCUT2D eigenvalue weighted by atomic mass is 9.85. The predicted octanol–water partition coefficient (Wildman–Crippen LogP) is 12.0. The first kappa shape index (κ1) is 36.1. The number of nitrogens with zero attached hydrogens (tertiary/aromatic N) is 2. The number of rotatable bonds is 3. The summed E-state index contributed by atoms with van der Waals surface area (Å²) in [7, 11) is -3.18. The van der Waals surface area contributed by atoms with E-state index in [0.29, 0.717) is 0 Å². The highest BCUT2D eigenvalue weighted by molar-refractivity contribution is 7.23. The monoisotopic (exact) mass is 786 g/mol. The molecule has 0 saturated heterocycles. The highest BCUT2D eigenvalue weighted by atomic mass is 28.3. The third-order valence-corrected chi connectivity index (χ3v) is 17.9. The molecule has 7 aromatic carbocycles. The average Bonchev–Trinajstić information content (AvgIpc) is 3.54. The summed E-state index contributed by atoms with van der Waals surface area (Å²) in [4.78, 5) is 2.49. The van der Waals surface area contributed by atoms with Gasteiger partial charge in [0.15, 0.2) is 0 Å². The van der Waals surface area contributed by atoms with Crippen molar-refractivity contribution in [3.05, 3.63) is 156 Å². The van der Waals surface area contributed by atoms with Crippen LogP contribution >= 0.6 is 0 Å². The summed E-state index contributed by atoms with van der Waals surface area (Å²) in [6.45, 7) is 20.7. The first-order valence-electron chi connectivity index (χ1n) is 21.0. The summed E-state index contributed by atoms with van der Waals surface area (Å²) in [5, 5.41) is 7.59. The second kappa shape index (κ2) is 12.0. The van der Waals surface area contributed by atoms with Crippen molar-refractivity contribution in [3.63, 3.8) is 0 Å². The van der Waals surface area contributed by atoms with Crippen LogP contribution in [0.4, 0.5) is 17.1 Å². The molecule has 0 atom stereocenters. The summed E-state index contributed by atoms with van der Waals surface area (Å²) in [6.07, 6.45) is 0. The predicted molar refractivity (Wildman–Crippen MR) is 249 cm³/mol. The number of para-hydroxylation sites is 2. The maximum atomic E-state index is 7.58. The molecule has 11 rings (SSSR count). The molecule has 0 radical (unpaired) electrons. The molecular formula is C54H50N2O2Si. The fourth-order valence-corrected chi connectivity index (χ4v) is 15.8. The fourth-order valence-electron chi connectivity index (χ4n) is 10.3.